The van der Waals surface area contributed by atoms with Crippen molar-refractivity contribution in [3.8, 4) is 0 Å². The Morgan fingerprint density at radius 3 is 3.13 bits per heavy atom. The molecule has 0 bridgehead atoms. The van der Waals surface area contributed by atoms with E-state index in [0.717, 1.165) is 24.8 Å². The number of carboxylic acids is 1. The van der Waals surface area contributed by atoms with Gasteiger partial charge < -0.3 is 15.2 Å². The lowest BCUT2D eigenvalue weighted by molar-refractivity contribution is -0.136. The molecule has 1 fully saturated rings. The number of nitrogens with one attached hydrogen (secondary N) is 1. The lowest BCUT2D eigenvalue weighted by Crippen LogP contribution is -2.36. The summed E-state index contributed by atoms with van der Waals surface area (Å²) in [7, 11) is 1.73. The van der Waals surface area contributed by atoms with Crippen LogP contribution >= 0.6 is 0 Å². The molecule has 2 aliphatic rings. The molecule has 0 spiro atoms. The molecule has 4 heteroatoms. The highest BCUT2D eigenvalue weighted by Crippen LogP contribution is 2.36. The third-order valence-electron chi connectivity index (χ3n) is 3.45. The van der Waals surface area contributed by atoms with Gasteiger partial charge in [-0.05, 0) is 31.0 Å². The molecule has 3 atom stereocenters. The van der Waals surface area contributed by atoms with Gasteiger partial charge in [0.05, 0.1) is 12.5 Å². The SMILES string of the molecule is COC1CCC2NC=C(CC(=O)O)C2C1. The summed E-state index contributed by atoms with van der Waals surface area (Å²) in [5.41, 5.74) is 1.02. The molecule has 0 saturated heterocycles. The van der Waals surface area contributed by atoms with Crippen LogP contribution in [0.15, 0.2) is 11.8 Å². The van der Waals surface area contributed by atoms with E-state index < -0.39 is 5.97 Å². The van der Waals surface area contributed by atoms with Crippen molar-refractivity contribution >= 4 is 5.97 Å². The minimum absolute atomic E-state index is 0.157. The Morgan fingerprint density at radius 2 is 2.47 bits per heavy atom. The van der Waals surface area contributed by atoms with E-state index in [1.54, 1.807) is 7.11 Å². The fraction of sp³-hybridized carbons (Fsp3) is 0.727. The third kappa shape index (κ3) is 2.15. The first-order valence-corrected chi connectivity index (χ1v) is 5.40. The molecular weight excluding hydrogens is 194 g/mol. The molecule has 84 valence electrons. The Kier molecular flexibility index (Phi) is 2.95. The van der Waals surface area contributed by atoms with Crippen molar-refractivity contribution in [2.24, 2.45) is 5.92 Å². The molecule has 2 N–H and O–H groups in total. The van der Waals surface area contributed by atoms with Crippen LogP contribution in [0, 0.1) is 5.92 Å². The van der Waals surface area contributed by atoms with Crippen LogP contribution in [-0.2, 0) is 9.53 Å². The van der Waals surface area contributed by atoms with E-state index in [9.17, 15) is 4.79 Å². The molecule has 0 amide bonds. The van der Waals surface area contributed by atoms with E-state index in [4.69, 9.17) is 9.84 Å². The highest BCUT2D eigenvalue weighted by Gasteiger charge is 2.36. The van der Waals surface area contributed by atoms with Gasteiger partial charge in [0, 0.05) is 19.1 Å². The van der Waals surface area contributed by atoms with E-state index in [2.05, 4.69) is 5.32 Å². The minimum atomic E-state index is -0.747. The second-order valence-electron chi connectivity index (χ2n) is 4.34. The molecule has 15 heavy (non-hydrogen) atoms. The van der Waals surface area contributed by atoms with E-state index in [1.165, 1.54) is 0 Å². The van der Waals surface area contributed by atoms with Gasteiger partial charge in [0.1, 0.15) is 0 Å². The highest BCUT2D eigenvalue weighted by atomic mass is 16.5. The van der Waals surface area contributed by atoms with E-state index in [-0.39, 0.29) is 6.42 Å². The molecule has 1 heterocycles. The fourth-order valence-corrected chi connectivity index (χ4v) is 2.63. The Hall–Kier alpha value is -1.03. The monoisotopic (exact) mass is 211 g/mol. The average Bonchev–Trinajstić information content (AvgIpc) is 2.60. The van der Waals surface area contributed by atoms with Crippen molar-refractivity contribution in [3.05, 3.63) is 11.8 Å². The normalized spacial score (nSPS) is 34.2. The number of carboxylic acid groups (broad SMARTS) is 1. The van der Waals surface area contributed by atoms with Gasteiger partial charge in [-0.25, -0.2) is 0 Å². The van der Waals surface area contributed by atoms with Crippen LogP contribution in [0.4, 0.5) is 0 Å². The van der Waals surface area contributed by atoms with E-state index in [1.807, 2.05) is 6.20 Å². The van der Waals surface area contributed by atoms with Crippen molar-refractivity contribution in [2.45, 2.75) is 37.8 Å². The molecular formula is C11H17NO3. The minimum Gasteiger partial charge on any atom is -0.481 e. The Balaban J connectivity index is 2.00. The predicted molar refractivity (Wildman–Crippen MR) is 55.4 cm³/mol. The molecule has 0 radical (unpaired) electrons. The summed E-state index contributed by atoms with van der Waals surface area (Å²) in [4.78, 5) is 10.7. The van der Waals surface area contributed by atoms with Gasteiger partial charge in [-0.3, -0.25) is 4.79 Å². The lowest BCUT2D eigenvalue weighted by Gasteiger charge is -2.32. The van der Waals surface area contributed by atoms with Gasteiger partial charge in [0.15, 0.2) is 0 Å². The van der Waals surface area contributed by atoms with Gasteiger partial charge in [-0.1, -0.05) is 0 Å². The Morgan fingerprint density at radius 1 is 1.67 bits per heavy atom. The first-order valence-electron chi connectivity index (χ1n) is 5.40. The number of fused-ring (bicyclic) bond motifs is 1. The van der Waals surface area contributed by atoms with Crippen molar-refractivity contribution in [2.75, 3.05) is 7.11 Å². The summed E-state index contributed by atoms with van der Waals surface area (Å²) >= 11 is 0. The number of methoxy groups -OCH3 is 1. The number of rotatable bonds is 3. The summed E-state index contributed by atoms with van der Waals surface area (Å²) in [5.74, 6) is -0.386. The predicted octanol–water partition coefficient (Wildman–Crippen LogP) is 1.13. The highest BCUT2D eigenvalue weighted by molar-refractivity contribution is 5.70. The third-order valence-corrected chi connectivity index (χ3v) is 3.45. The van der Waals surface area contributed by atoms with Crippen LogP contribution in [0.25, 0.3) is 0 Å². The standard InChI is InChI=1S/C11H17NO3/c1-15-8-2-3-10-9(5-8)7(6-12-10)4-11(13)14/h6,8-10,12H,2-5H2,1H3,(H,13,14). The van der Waals surface area contributed by atoms with Crippen LogP contribution < -0.4 is 5.32 Å². The quantitative estimate of drug-likeness (QED) is 0.734. The van der Waals surface area contributed by atoms with Gasteiger partial charge in [0.25, 0.3) is 0 Å². The van der Waals surface area contributed by atoms with Gasteiger partial charge in [0.2, 0.25) is 0 Å². The van der Waals surface area contributed by atoms with Crippen molar-refractivity contribution < 1.29 is 14.6 Å². The zero-order chi connectivity index (χ0) is 10.8. The number of hydrogen-bond acceptors (Lipinski definition) is 3. The van der Waals surface area contributed by atoms with Crippen molar-refractivity contribution in [1.82, 2.24) is 5.32 Å². The number of aliphatic carboxylic acids is 1. The van der Waals surface area contributed by atoms with Crippen LogP contribution in [0.5, 0.6) is 0 Å². The van der Waals surface area contributed by atoms with Gasteiger partial charge in [-0.2, -0.15) is 0 Å². The van der Waals surface area contributed by atoms with E-state index >= 15 is 0 Å². The van der Waals surface area contributed by atoms with Crippen LogP contribution in [-0.4, -0.2) is 30.3 Å². The molecule has 1 aliphatic heterocycles. The lowest BCUT2D eigenvalue weighted by atomic mass is 9.80. The maximum Gasteiger partial charge on any atom is 0.307 e. The maximum atomic E-state index is 10.7. The maximum absolute atomic E-state index is 10.7. The van der Waals surface area contributed by atoms with Crippen LogP contribution in [0.2, 0.25) is 0 Å². The number of ether oxygens (including phenoxy) is 1. The summed E-state index contributed by atoms with van der Waals surface area (Å²) in [5, 5.41) is 12.1. The zero-order valence-corrected chi connectivity index (χ0v) is 8.90. The van der Waals surface area contributed by atoms with E-state index in [0.29, 0.717) is 18.1 Å². The first-order chi connectivity index (χ1) is 7.20. The summed E-state index contributed by atoms with van der Waals surface area (Å²) in [6, 6.07) is 0.436. The van der Waals surface area contributed by atoms with Crippen LogP contribution in [0.1, 0.15) is 25.7 Å². The fourth-order valence-electron chi connectivity index (χ4n) is 2.63. The Bertz CT molecular complexity index is 288. The second-order valence-corrected chi connectivity index (χ2v) is 4.34. The summed E-state index contributed by atoms with van der Waals surface area (Å²) < 4.78 is 5.35. The molecule has 1 saturated carbocycles. The Labute approximate surface area is 89.3 Å². The summed E-state index contributed by atoms with van der Waals surface area (Å²) in [6.07, 6.45) is 5.43. The van der Waals surface area contributed by atoms with Gasteiger partial charge in [-0.15, -0.1) is 0 Å². The van der Waals surface area contributed by atoms with Crippen LogP contribution in [0.3, 0.4) is 0 Å². The topological polar surface area (TPSA) is 58.6 Å². The van der Waals surface area contributed by atoms with Gasteiger partial charge >= 0.3 is 5.97 Å². The molecule has 3 unspecified atom stereocenters. The largest absolute Gasteiger partial charge is 0.481 e. The molecule has 0 aromatic rings. The van der Waals surface area contributed by atoms with Crippen molar-refractivity contribution in [1.29, 1.82) is 0 Å². The smallest absolute Gasteiger partial charge is 0.307 e. The molecule has 2 rings (SSSR count). The molecule has 0 aromatic carbocycles. The number of hydrogen-bond donors (Lipinski definition) is 2. The zero-order valence-electron chi connectivity index (χ0n) is 8.90. The average molecular weight is 211 g/mol. The molecule has 1 aliphatic carbocycles. The second kappa shape index (κ2) is 4.23. The summed E-state index contributed by atoms with van der Waals surface area (Å²) in [6.45, 7) is 0. The molecule has 0 aromatic heterocycles. The molecule has 4 nitrogen and oxygen atoms in total. The number of carbonyl (C=O) groups is 1. The first kappa shape index (κ1) is 10.5. The van der Waals surface area contributed by atoms with Crippen molar-refractivity contribution in [3.63, 3.8) is 0 Å².